The average Bonchev–Trinajstić information content (AvgIpc) is 3.00. The number of piperazine rings is 1. The van der Waals surface area contributed by atoms with Crippen LogP contribution in [0, 0.1) is 5.92 Å². The summed E-state index contributed by atoms with van der Waals surface area (Å²) in [4.78, 5) is 19.8. The van der Waals surface area contributed by atoms with Crippen molar-refractivity contribution in [1.29, 1.82) is 0 Å². The van der Waals surface area contributed by atoms with Gasteiger partial charge in [-0.05, 0) is 18.4 Å². The summed E-state index contributed by atoms with van der Waals surface area (Å²) >= 11 is 0. The number of amides is 1. The molecule has 0 bridgehead atoms. The Balaban J connectivity index is 1.46. The van der Waals surface area contributed by atoms with Crippen LogP contribution in [0.5, 0.6) is 0 Å². The van der Waals surface area contributed by atoms with Crippen LogP contribution in [0.3, 0.4) is 0 Å². The molecule has 7 nitrogen and oxygen atoms in total. The van der Waals surface area contributed by atoms with Crippen LogP contribution in [-0.4, -0.2) is 96.0 Å². The zero-order valence-corrected chi connectivity index (χ0v) is 16.5. The van der Waals surface area contributed by atoms with Crippen molar-refractivity contribution in [2.45, 2.75) is 20.3 Å². The van der Waals surface area contributed by atoms with E-state index in [9.17, 15) is 4.79 Å². The van der Waals surface area contributed by atoms with E-state index in [4.69, 9.17) is 4.74 Å². The Bertz CT molecular complexity index is 587. The summed E-state index contributed by atoms with van der Waals surface area (Å²) in [6.45, 7) is 13.8. The number of morpholine rings is 1. The number of hydrogen-bond donors (Lipinski definition) is 0. The summed E-state index contributed by atoms with van der Waals surface area (Å²) in [6, 6.07) is 1.97. The van der Waals surface area contributed by atoms with E-state index in [1.165, 1.54) is 0 Å². The number of ether oxygens (including phenoxy) is 1. The lowest BCUT2D eigenvalue weighted by Gasteiger charge is -2.36. The molecule has 146 valence electrons. The van der Waals surface area contributed by atoms with Crippen LogP contribution in [0.2, 0.25) is 0 Å². The van der Waals surface area contributed by atoms with Crippen molar-refractivity contribution >= 4 is 5.91 Å². The number of hydrogen-bond acceptors (Lipinski definition) is 5. The fraction of sp³-hybridized carbons (Fsp3) is 0.789. The van der Waals surface area contributed by atoms with Crippen molar-refractivity contribution in [3.05, 3.63) is 17.5 Å². The van der Waals surface area contributed by atoms with E-state index in [0.717, 1.165) is 77.7 Å². The summed E-state index contributed by atoms with van der Waals surface area (Å²) in [7, 11) is 1.87. The van der Waals surface area contributed by atoms with Gasteiger partial charge in [-0.3, -0.25) is 19.3 Å². The first kappa shape index (κ1) is 19.3. The summed E-state index contributed by atoms with van der Waals surface area (Å²) in [5, 5.41) is 4.51. The van der Waals surface area contributed by atoms with Gasteiger partial charge < -0.3 is 9.64 Å². The molecule has 2 aliphatic rings. The van der Waals surface area contributed by atoms with Crippen LogP contribution >= 0.6 is 0 Å². The highest BCUT2D eigenvalue weighted by Crippen LogP contribution is 2.13. The number of aryl methyl sites for hydroxylation is 1. The first-order valence-electron chi connectivity index (χ1n) is 9.87. The number of rotatable bonds is 6. The highest BCUT2D eigenvalue weighted by molar-refractivity contribution is 5.92. The SMILES string of the molecule is CC(C)Cc1cc(C(=O)N2CCN(CCN3CCOCC3)CC2)n(C)n1. The van der Waals surface area contributed by atoms with Crippen molar-refractivity contribution in [3.63, 3.8) is 0 Å². The topological polar surface area (TPSA) is 53.8 Å². The van der Waals surface area contributed by atoms with Crippen LogP contribution < -0.4 is 0 Å². The number of carbonyl (C=O) groups excluding carboxylic acids is 1. The first-order chi connectivity index (χ1) is 12.5. The second-order valence-electron chi connectivity index (χ2n) is 7.83. The highest BCUT2D eigenvalue weighted by Gasteiger charge is 2.25. The molecule has 2 saturated heterocycles. The largest absolute Gasteiger partial charge is 0.379 e. The lowest BCUT2D eigenvalue weighted by Crippen LogP contribution is -2.51. The number of carbonyl (C=O) groups is 1. The van der Waals surface area contributed by atoms with Gasteiger partial charge in [-0.2, -0.15) is 5.10 Å². The molecular formula is C19H33N5O2. The van der Waals surface area contributed by atoms with Gasteiger partial charge in [0.25, 0.3) is 5.91 Å². The molecule has 26 heavy (non-hydrogen) atoms. The molecule has 7 heteroatoms. The molecule has 0 atom stereocenters. The quantitative estimate of drug-likeness (QED) is 0.745. The monoisotopic (exact) mass is 363 g/mol. The summed E-state index contributed by atoms with van der Waals surface area (Å²) in [6.07, 6.45) is 0.913. The van der Waals surface area contributed by atoms with Crippen LogP contribution in [0.1, 0.15) is 30.0 Å². The van der Waals surface area contributed by atoms with Gasteiger partial charge in [-0.25, -0.2) is 0 Å². The number of aromatic nitrogens is 2. The molecule has 2 aliphatic heterocycles. The summed E-state index contributed by atoms with van der Waals surface area (Å²) in [5.41, 5.74) is 1.72. The smallest absolute Gasteiger partial charge is 0.272 e. The molecule has 2 fully saturated rings. The lowest BCUT2D eigenvalue weighted by atomic mass is 10.1. The van der Waals surface area contributed by atoms with Crippen LogP contribution in [0.15, 0.2) is 6.07 Å². The molecule has 0 aromatic carbocycles. The Morgan fingerprint density at radius 2 is 1.69 bits per heavy atom. The molecule has 0 saturated carbocycles. The van der Waals surface area contributed by atoms with E-state index in [-0.39, 0.29) is 5.91 Å². The maximum Gasteiger partial charge on any atom is 0.272 e. The minimum atomic E-state index is 0.114. The normalized spacial score (nSPS) is 20.1. The third-order valence-corrected chi connectivity index (χ3v) is 5.26. The third-order valence-electron chi connectivity index (χ3n) is 5.26. The standard InChI is InChI=1S/C19H33N5O2/c1-16(2)14-17-15-18(21(3)20-17)19(25)24-8-6-22(7-9-24)4-5-23-10-12-26-13-11-23/h15-16H,4-14H2,1-3H3. The Hall–Kier alpha value is -1.44. The van der Waals surface area contributed by atoms with Crippen LogP contribution in [0.25, 0.3) is 0 Å². The van der Waals surface area contributed by atoms with Gasteiger partial charge in [-0.15, -0.1) is 0 Å². The van der Waals surface area contributed by atoms with Crippen molar-refractivity contribution in [2.24, 2.45) is 13.0 Å². The molecular weight excluding hydrogens is 330 g/mol. The average molecular weight is 364 g/mol. The Kier molecular flexibility index (Phi) is 6.67. The van der Waals surface area contributed by atoms with Crippen LogP contribution in [-0.2, 0) is 18.2 Å². The van der Waals surface area contributed by atoms with Gasteiger partial charge in [0.1, 0.15) is 5.69 Å². The third kappa shape index (κ3) is 5.05. The predicted molar refractivity (Wildman–Crippen MR) is 101 cm³/mol. The zero-order chi connectivity index (χ0) is 18.5. The van der Waals surface area contributed by atoms with E-state index in [2.05, 4.69) is 28.7 Å². The molecule has 1 aromatic heterocycles. The van der Waals surface area contributed by atoms with E-state index >= 15 is 0 Å². The molecule has 3 rings (SSSR count). The summed E-state index contributed by atoms with van der Waals surface area (Å²) < 4.78 is 7.14. The van der Waals surface area contributed by atoms with Gasteiger partial charge in [0.05, 0.1) is 18.9 Å². The maximum atomic E-state index is 12.9. The molecule has 0 aliphatic carbocycles. The van der Waals surface area contributed by atoms with Gasteiger partial charge in [0.2, 0.25) is 0 Å². The zero-order valence-electron chi connectivity index (χ0n) is 16.5. The van der Waals surface area contributed by atoms with Crippen molar-refractivity contribution in [2.75, 3.05) is 65.6 Å². The Morgan fingerprint density at radius 1 is 1.08 bits per heavy atom. The van der Waals surface area contributed by atoms with Gasteiger partial charge >= 0.3 is 0 Å². The molecule has 0 unspecified atom stereocenters. The van der Waals surface area contributed by atoms with Gasteiger partial charge in [0, 0.05) is 59.4 Å². The van der Waals surface area contributed by atoms with Gasteiger partial charge in [-0.1, -0.05) is 13.8 Å². The van der Waals surface area contributed by atoms with Crippen molar-refractivity contribution in [1.82, 2.24) is 24.5 Å². The highest BCUT2D eigenvalue weighted by atomic mass is 16.5. The molecule has 3 heterocycles. The van der Waals surface area contributed by atoms with Crippen molar-refractivity contribution < 1.29 is 9.53 Å². The second kappa shape index (κ2) is 8.97. The van der Waals surface area contributed by atoms with E-state index in [1.54, 1.807) is 4.68 Å². The fourth-order valence-electron chi connectivity index (χ4n) is 3.69. The van der Waals surface area contributed by atoms with E-state index in [0.29, 0.717) is 11.6 Å². The molecule has 1 aromatic rings. The summed E-state index contributed by atoms with van der Waals surface area (Å²) in [5.74, 6) is 0.658. The Labute approximate surface area is 156 Å². The van der Waals surface area contributed by atoms with Crippen LogP contribution in [0.4, 0.5) is 0 Å². The number of nitrogens with zero attached hydrogens (tertiary/aromatic N) is 5. The van der Waals surface area contributed by atoms with Crippen molar-refractivity contribution in [3.8, 4) is 0 Å². The minimum Gasteiger partial charge on any atom is -0.379 e. The first-order valence-corrected chi connectivity index (χ1v) is 9.87. The van der Waals surface area contributed by atoms with E-state index in [1.807, 2.05) is 18.0 Å². The second-order valence-corrected chi connectivity index (χ2v) is 7.83. The molecule has 1 amide bonds. The van der Waals surface area contributed by atoms with Gasteiger partial charge in [0.15, 0.2) is 0 Å². The minimum absolute atomic E-state index is 0.114. The molecule has 0 spiro atoms. The maximum absolute atomic E-state index is 12.9. The molecule has 0 N–H and O–H groups in total. The predicted octanol–water partition coefficient (Wildman–Crippen LogP) is 0.709. The fourth-order valence-corrected chi connectivity index (χ4v) is 3.69. The van der Waals surface area contributed by atoms with E-state index < -0.39 is 0 Å². The lowest BCUT2D eigenvalue weighted by molar-refractivity contribution is 0.0292. The molecule has 0 radical (unpaired) electrons. The Morgan fingerprint density at radius 3 is 2.31 bits per heavy atom.